The summed E-state index contributed by atoms with van der Waals surface area (Å²) in [5, 5.41) is 12.5. The van der Waals surface area contributed by atoms with Gasteiger partial charge < -0.3 is 19.9 Å². The van der Waals surface area contributed by atoms with E-state index in [1.807, 2.05) is 0 Å². The molecule has 7 heteroatoms. The normalized spacial score (nSPS) is 19.4. The van der Waals surface area contributed by atoms with E-state index in [9.17, 15) is 14.7 Å². The highest BCUT2D eigenvalue weighted by Gasteiger charge is 2.39. The van der Waals surface area contributed by atoms with Crippen molar-refractivity contribution in [1.82, 2.24) is 0 Å². The summed E-state index contributed by atoms with van der Waals surface area (Å²) in [7, 11) is 0. The molecule has 2 heterocycles. The predicted octanol–water partition coefficient (Wildman–Crippen LogP) is 2.30. The maximum atomic E-state index is 12.7. The predicted molar refractivity (Wildman–Crippen MR) is 94.7 cm³/mol. The van der Waals surface area contributed by atoms with Crippen molar-refractivity contribution in [3.63, 3.8) is 0 Å². The number of hydrogen-bond donors (Lipinski definition) is 2. The smallest absolute Gasteiger partial charge is 0.256 e. The number of nitrogens with one attached hydrogen (secondary N) is 1. The minimum atomic E-state index is -0.652. The van der Waals surface area contributed by atoms with Gasteiger partial charge in [0.1, 0.15) is 11.8 Å². The number of nitrogens with zero attached hydrogens (tertiary/aromatic N) is 1. The van der Waals surface area contributed by atoms with Crippen molar-refractivity contribution in [1.29, 1.82) is 0 Å². The fraction of sp³-hybridized carbons (Fsp3) is 0.263. The molecule has 2 aromatic carbocycles. The lowest BCUT2D eigenvalue weighted by molar-refractivity contribution is -0.121. The number of phenolic OH excluding ortho intramolecular Hbond substituents is 1. The Hall–Kier alpha value is -3.22. The van der Waals surface area contributed by atoms with Crippen molar-refractivity contribution in [3.8, 4) is 17.2 Å². The third kappa shape index (κ3) is 3.03. The minimum absolute atomic E-state index is 0.0636. The van der Waals surface area contributed by atoms with E-state index in [0.717, 1.165) is 11.3 Å². The number of imide groups is 1. The van der Waals surface area contributed by atoms with Crippen LogP contribution in [0.1, 0.15) is 12.8 Å². The van der Waals surface area contributed by atoms with E-state index in [-0.39, 0.29) is 24.0 Å². The van der Waals surface area contributed by atoms with E-state index in [2.05, 4.69) is 5.32 Å². The Kier molecular flexibility index (Phi) is 4.12. The SMILES string of the molecule is O=C1CC(Nc2ccc3c(c2)OCCCO3)C(=O)N1c1ccc(O)cc1. The first-order valence-corrected chi connectivity index (χ1v) is 8.44. The van der Waals surface area contributed by atoms with Crippen LogP contribution in [0.2, 0.25) is 0 Å². The van der Waals surface area contributed by atoms with Crippen molar-refractivity contribution < 1.29 is 24.2 Å². The molecule has 4 rings (SSSR count). The average Bonchev–Trinajstić information content (AvgIpc) is 2.80. The highest BCUT2D eigenvalue weighted by molar-refractivity contribution is 6.23. The number of phenols is 1. The van der Waals surface area contributed by atoms with Gasteiger partial charge in [-0.2, -0.15) is 0 Å². The molecule has 0 aromatic heterocycles. The summed E-state index contributed by atoms with van der Waals surface area (Å²) in [6, 6.07) is 10.7. The molecule has 2 aliphatic rings. The molecule has 1 atom stereocenters. The number of amides is 2. The van der Waals surface area contributed by atoms with Gasteiger partial charge in [0.2, 0.25) is 5.91 Å². The standard InChI is InChI=1S/C19H18N2O5/c22-14-5-3-13(4-6-14)21-18(23)11-15(19(21)24)20-12-2-7-16-17(10-12)26-9-1-8-25-16/h2-7,10,15,20,22H,1,8-9,11H2. The Balaban J connectivity index is 1.52. The molecule has 0 radical (unpaired) electrons. The van der Waals surface area contributed by atoms with E-state index < -0.39 is 6.04 Å². The van der Waals surface area contributed by atoms with Gasteiger partial charge in [-0.1, -0.05) is 0 Å². The molecule has 26 heavy (non-hydrogen) atoms. The number of ether oxygens (including phenoxy) is 2. The fourth-order valence-corrected chi connectivity index (χ4v) is 3.07. The summed E-state index contributed by atoms with van der Waals surface area (Å²) < 4.78 is 11.2. The number of hydrogen-bond acceptors (Lipinski definition) is 6. The quantitative estimate of drug-likeness (QED) is 0.823. The van der Waals surface area contributed by atoms with E-state index in [4.69, 9.17) is 9.47 Å². The Morgan fingerprint density at radius 3 is 2.50 bits per heavy atom. The van der Waals surface area contributed by atoms with Crippen molar-refractivity contribution in [3.05, 3.63) is 42.5 Å². The van der Waals surface area contributed by atoms with Crippen molar-refractivity contribution >= 4 is 23.2 Å². The summed E-state index contributed by atoms with van der Waals surface area (Å²) in [4.78, 5) is 26.1. The Bertz CT molecular complexity index is 850. The number of anilines is 2. The molecule has 0 saturated carbocycles. The second-order valence-electron chi connectivity index (χ2n) is 6.20. The zero-order chi connectivity index (χ0) is 18.1. The largest absolute Gasteiger partial charge is 0.508 e. The van der Waals surface area contributed by atoms with Crippen LogP contribution in [-0.2, 0) is 9.59 Å². The van der Waals surface area contributed by atoms with Crippen LogP contribution >= 0.6 is 0 Å². The lowest BCUT2D eigenvalue weighted by Gasteiger charge is -2.17. The number of rotatable bonds is 3. The van der Waals surface area contributed by atoms with Crippen molar-refractivity contribution in [2.75, 3.05) is 23.4 Å². The molecule has 2 N–H and O–H groups in total. The van der Waals surface area contributed by atoms with E-state index in [0.29, 0.717) is 36.1 Å². The maximum Gasteiger partial charge on any atom is 0.256 e. The summed E-state index contributed by atoms with van der Waals surface area (Å²) in [6.07, 6.45) is 0.878. The van der Waals surface area contributed by atoms with Crippen LogP contribution in [0.25, 0.3) is 0 Å². The second-order valence-corrected chi connectivity index (χ2v) is 6.20. The Morgan fingerprint density at radius 2 is 1.73 bits per heavy atom. The van der Waals surface area contributed by atoms with Crippen LogP contribution in [0.5, 0.6) is 17.2 Å². The number of carbonyl (C=O) groups is 2. The molecule has 1 saturated heterocycles. The molecule has 0 bridgehead atoms. The molecular formula is C19H18N2O5. The second kappa shape index (κ2) is 6.59. The Labute approximate surface area is 150 Å². The summed E-state index contributed by atoms with van der Waals surface area (Å²) >= 11 is 0. The van der Waals surface area contributed by atoms with Gasteiger partial charge in [0.15, 0.2) is 11.5 Å². The average molecular weight is 354 g/mol. The van der Waals surface area contributed by atoms with Crippen molar-refractivity contribution in [2.24, 2.45) is 0 Å². The van der Waals surface area contributed by atoms with Crippen LogP contribution in [0, 0.1) is 0 Å². The molecule has 0 spiro atoms. The molecule has 2 aliphatic heterocycles. The van der Waals surface area contributed by atoms with E-state index >= 15 is 0 Å². The Morgan fingerprint density at radius 1 is 1.00 bits per heavy atom. The van der Waals surface area contributed by atoms with Gasteiger partial charge in [0, 0.05) is 18.2 Å². The van der Waals surface area contributed by atoms with Crippen LogP contribution in [-0.4, -0.2) is 36.2 Å². The molecule has 2 aromatic rings. The van der Waals surface area contributed by atoms with Crippen LogP contribution in [0.4, 0.5) is 11.4 Å². The van der Waals surface area contributed by atoms with Crippen LogP contribution < -0.4 is 19.7 Å². The highest BCUT2D eigenvalue weighted by atomic mass is 16.5. The minimum Gasteiger partial charge on any atom is -0.508 e. The summed E-state index contributed by atoms with van der Waals surface area (Å²) in [5.74, 6) is 0.766. The first-order chi connectivity index (χ1) is 12.6. The topological polar surface area (TPSA) is 88.1 Å². The third-order valence-corrected chi connectivity index (χ3v) is 4.34. The molecular weight excluding hydrogens is 336 g/mol. The van der Waals surface area contributed by atoms with Gasteiger partial charge in [-0.3, -0.25) is 9.59 Å². The van der Waals surface area contributed by atoms with Crippen LogP contribution in [0.3, 0.4) is 0 Å². The maximum absolute atomic E-state index is 12.7. The first kappa shape index (κ1) is 16.3. The van der Waals surface area contributed by atoms with Gasteiger partial charge in [0.25, 0.3) is 5.91 Å². The molecule has 0 aliphatic carbocycles. The fourth-order valence-electron chi connectivity index (χ4n) is 3.07. The summed E-state index contributed by atoms with van der Waals surface area (Å²) in [6.45, 7) is 1.18. The number of carbonyl (C=O) groups excluding carboxylic acids is 2. The summed E-state index contributed by atoms with van der Waals surface area (Å²) in [5.41, 5.74) is 1.13. The monoisotopic (exact) mass is 354 g/mol. The molecule has 2 amide bonds. The molecule has 1 fully saturated rings. The van der Waals surface area contributed by atoms with E-state index in [1.54, 1.807) is 30.3 Å². The lowest BCUT2D eigenvalue weighted by Crippen LogP contribution is -2.34. The molecule has 1 unspecified atom stereocenters. The zero-order valence-corrected chi connectivity index (χ0v) is 14.0. The zero-order valence-electron chi connectivity index (χ0n) is 14.0. The molecule has 134 valence electrons. The lowest BCUT2D eigenvalue weighted by atomic mass is 10.2. The first-order valence-electron chi connectivity index (χ1n) is 8.44. The van der Waals surface area contributed by atoms with Gasteiger partial charge in [0.05, 0.1) is 25.3 Å². The van der Waals surface area contributed by atoms with Crippen molar-refractivity contribution in [2.45, 2.75) is 18.9 Å². The van der Waals surface area contributed by atoms with Gasteiger partial charge in [-0.25, -0.2) is 4.90 Å². The van der Waals surface area contributed by atoms with Gasteiger partial charge in [-0.15, -0.1) is 0 Å². The number of fused-ring (bicyclic) bond motifs is 1. The number of aromatic hydroxyl groups is 1. The van der Waals surface area contributed by atoms with E-state index in [1.165, 1.54) is 12.1 Å². The number of benzene rings is 2. The van der Waals surface area contributed by atoms with Gasteiger partial charge in [-0.05, 0) is 36.4 Å². The van der Waals surface area contributed by atoms with Gasteiger partial charge >= 0.3 is 0 Å². The highest BCUT2D eigenvalue weighted by Crippen LogP contribution is 2.33. The van der Waals surface area contributed by atoms with Crippen LogP contribution in [0.15, 0.2) is 42.5 Å². The molecule has 7 nitrogen and oxygen atoms in total. The third-order valence-electron chi connectivity index (χ3n) is 4.34.